The zero-order valence-corrected chi connectivity index (χ0v) is 20.6. The Balaban J connectivity index is 1.86. The lowest BCUT2D eigenvalue weighted by atomic mass is 10.0. The number of nitrogens with zero attached hydrogens (tertiary/aromatic N) is 2. The molecule has 0 spiro atoms. The van der Waals surface area contributed by atoms with Crippen LogP contribution in [0.15, 0.2) is 18.2 Å². The molecule has 3 N–H and O–H groups in total. The minimum Gasteiger partial charge on any atom is -0.488 e. The van der Waals surface area contributed by atoms with E-state index in [2.05, 4.69) is 29.5 Å². The first-order valence-corrected chi connectivity index (χ1v) is 12.1. The Hall–Kier alpha value is -2.32. The third kappa shape index (κ3) is 7.33. The van der Waals surface area contributed by atoms with E-state index >= 15 is 0 Å². The summed E-state index contributed by atoms with van der Waals surface area (Å²) in [5, 5.41) is 15.4. The number of hydrogen-bond acceptors (Lipinski definition) is 5. The number of fused-ring (bicyclic) bond motifs is 1. The Morgan fingerprint density at radius 1 is 1.27 bits per heavy atom. The van der Waals surface area contributed by atoms with Crippen LogP contribution in [0.5, 0.6) is 5.75 Å². The second-order valence-corrected chi connectivity index (χ2v) is 10.1. The highest BCUT2D eigenvalue weighted by atomic mass is 16.5. The Bertz CT molecular complexity index is 827. The van der Waals surface area contributed by atoms with E-state index in [0.717, 1.165) is 24.6 Å². The number of rotatable bonds is 8. The normalized spacial score (nSPS) is 22.2. The highest BCUT2D eigenvalue weighted by Gasteiger charge is 2.32. The monoisotopic (exact) mass is 460 g/mol. The highest BCUT2D eigenvalue weighted by molar-refractivity contribution is 5.90. The molecule has 1 aliphatic heterocycles. The second-order valence-electron chi connectivity index (χ2n) is 10.1. The average molecular weight is 461 g/mol. The van der Waals surface area contributed by atoms with Crippen LogP contribution in [0.3, 0.4) is 0 Å². The van der Waals surface area contributed by atoms with Gasteiger partial charge in [0.15, 0.2) is 0 Å². The molecule has 1 aromatic carbocycles. The predicted octanol–water partition coefficient (Wildman–Crippen LogP) is 2.71. The zero-order chi connectivity index (χ0) is 24.1. The maximum Gasteiger partial charge on any atom is 0.319 e. The fourth-order valence-corrected chi connectivity index (χ4v) is 4.28. The van der Waals surface area contributed by atoms with Gasteiger partial charge in [-0.1, -0.05) is 6.92 Å². The summed E-state index contributed by atoms with van der Waals surface area (Å²) in [7, 11) is 2.13. The summed E-state index contributed by atoms with van der Waals surface area (Å²) in [5.41, 5.74) is 1.35. The number of anilines is 1. The van der Waals surface area contributed by atoms with Gasteiger partial charge in [-0.05, 0) is 64.8 Å². The number of ether oxygens (including phenoxy) is 1. The van der Waals surface area contributed by atoms with Gasteiger partial charge < -0.3 is 30.3 Å². The Kier molecular flexibility index (Phi) is 8.59. The van der Waals surface area contributed by atoms with Crippen molar-refractivity contribution in [2.45, 2.75) is 65.1 Å². The van der Waals surface area contributed by atoms with Crippen molar-refractivity contribution in [3.63, 3.8) is 0 Å². The van der Waals surface area contributed by atoms with E-state index in [-0.39, 0.29) is 49.1 Å². The number of nitrogens with one attached hydrogen (secondary N) is 2. The van der Waals surface area contributed by atoms with E-state index in [1.54, 1.807) is 4.90 Å². The highest BCUT2D eigenvalue weighted by Crippen LogP contribution is 2.31. The van der Waals surface area contributed by atoms with E-state index < -0.39 is 0 Å². The Labute approximate surface area is 197 Å². The lowest BCUT2D eigenvalue weighted by Crippen LogP contribution is -2.47. The number of hydrogen-bond donors (Lipinski definition) is 3. The summed E-state index contributed by atoms with van der Waals surface area (Å²) in [6, 6.07) is 4.93. The summed E-state index contributed by atoms with van der Waals surface area (Å²) in [6.45, 7) is 10.0. The number of carbonyl (C=O) groups is 2. The lowest BCUT2D eigenvalue weighted by Gasteiger charge is -2.34. The van der Waals surface area contributed by atoms with Crippen molar-refractivity contribution in [3.8, 4) is 5.75 Å². The molecular formula is C25H40N4O4. The van der Waals surface area contributed by atoms with Gasteiger partial charge in [0.1, 0.15) is 11.9 Å². The largest absolute Gasteiger partial charge is 0.488 e. The smallest absolute Gasteiger partial charge is 0.319 e. The fraction of sp³-hybridized carbons (Fsp3) is 0.680. The molecule has 33 heavy (non-hydrogen) atoms. The van der Waals surface area contributed by atoms with Crippen molar-refractivity contribution in [1.29, 1.82) is 0 Å². The summed E-state index contributed by atoms with van der Waals surface area (Å²) < 4.78 is 6.53. The number of aliphatic hydroxyl groups is 1. The fourth-order valence-electron chi connectivity index (χ4n) is 4.28. The average Bonchev–Trinajstić information content (AvgIpc) is 3.54. The van der Waals surface area contributed by atoms with E-state index in [1.807, 2.05) is 39.0 Å². The first kappa shape index (κ1) is 25.3. The van der Waals surface area contributed by atoms with Crippen molar-refractivity contribution in [2.24, 2.45) is 11.8 Å². The molecule has 0 saturated heterocycles. The Morgan fingerprint density at radius 3 is 2.64 bits per heavy atom. The molecule has 8 heteroatoms. The molecule has 3 rings (SSSR count). The first-order valence-electron chi connectivity index (χ1n) is 12.1. The number of likely N-dealkylation sites (N-methyl/N-ethyl adjacent to an activating group) is 1. The molecule has 0 bridgehead atoms. The van der Waals surface area contributed by atoms with E-state index in [4.69, 9.17) is 4.74 Å². The molecule has 1 aliphatic carbocycles. The van der Waals surface area contributed by atoms with Crippen molar-refractivity contribution in [3.05, 3.63) is 23.8 Å². The van der Waals surface area contributed by atoms with Crippen LogP contribution < -0.4 is 15.4 Å². The first-order chi connectivity index (χ1) is 15.7. The van der Waals surface area contributed by atoms with Crippen LogP contribution in [0, 0.1) is 11.8 Å². The van der Waals surface area contributed by atoms with Gasteiger partial charge in [0.25, 0.3) is 0 Å². The summed E-state index contributed by atoms with van der Waals surface area (Å²) in [5.74, 6) is 1.49. The molecule has 1 aromatic rings. The molecule has 0 aromatic heterocycles. The molecule has 0 radical (unpaired) electrons. The van der Waals surface area contributed by atoms with Gasteiger partial charge >= 0.3 is 6.03 Å². The van der Waals surface area contributed by atoms with Crippen LogP contribution in [0.2, 0.25) is 0 Å². The summed E-state index contributed by atoms with van der Waals surface area (Å²) in [4.78, 5) is 29.5. The van der Waals surface area contributed by atoms with Crippen molar-refractivity contribution in [1.82, 2.24) is 15.1 Å². The van der Waals surface area contributed by atoms with Gasteiger partial charge in [-0.2, -0.15) is 0 Å². The standard InChI is InChI=1S/C25H40N4O4/c1-16(2)26-25(32)27-21-8-9-22-20(10-21)11-24(31)29(18(4)15-30)12-17(3)23(33-22)14-28(5)13-19-6-7-19/h8-10,16-19,23,30H,6-7,11-15H2,1-5H3,(H2,26,27,32)/t17-,18-,23-/m1/s1. The quantitative estimate of drug-likeness (QED) is 0.555. The maximum atomic E-state index is 13.2. The van der Waals surface area contributed by atoms with Crippen LogP contribution in [-0.2, 0) is 11.2 Å². The van der Waals surface area contributed by atoms with Gasteiger partial charge in [-0.25, -0.2) is 4.79 Å². The molecular weight excluding hydrogens is 420 g/mol. The van der Waals surface area contributed by atoms with Crippen molar-refractivity contribution >= 4 is 17.6 Å². The Morgan fingerprint density at radius 2 is 2.00 bits per heavy atom. The third-order valence-electron chi connectivity index (χ3n) is 6.35. The number of carbonyl (C=O) groups excluding carboxylic acids is 2. The zero-order valence-electron chi connectivity index (χ0n) is 20.6. The van der Waals surface area contributed by atoms with Crippen molar-refractivity contribution in [2.75, 3.05) is 38.6 Å². The van der Waals surface area contributed by atoms with Gasteiger partial charge in [0, 0.05) is 42.8 Å². The number of urea groups is 1. The van der Waals surface area contributed by atoms with Crippen LogP contribution >= 0.6 is 0 Å². The molecule has 184 valence electrons. The lowest BCUT2D eigenvalue weighted by molar-refractivity contribution is -0.134. The second kappa shape index (κ2) is 11.2. The molecule has 1 saturated carbocycles. The number of amides is 3. The van der Waals surface area contributed by atoms with E-state index in [1.165, 1.54) is 12.8 Å². The molecule has 1 heterocycles. The van der Waals surface area contributed by atoms with Gasteiger partial charge in [0.05, 0.1) is 19.1 Å². The number of aliphatic hydroxyl groups excluding tert-OH is 1. The molecule has 0 unspecified atom stereocenters. The maximum absolute atomic E-state index is 13.2. The SMILES string of the molecule is CC(C)NC(=O)Nc1ccc2c(c1)CC(=O)N([C@H](C)CO)C[C@@H](C)[C@@H](CN(C)CC1CC1)O2. The van der Waals surface area contributed by atoms with Crippen molar-refractivity contribution < 1.29 is 19.4 Å². The minimum absolute atomic E-state index is 0.0196. The number of benzene rings is 1. The molecule has 2 aliphatic rings. The van der Waals surface area contributed by atoms with E-state index in [9.17, 15) is 14.7 Å². The van der Waals surface area contributed by atoms with Gasteiger partial charge in [-0.3, -0.25) is 4.79 Å². The molecule has 3 atom stereocenters. The summed E-state index contributed by atoms with van der Waals surface area (Å²) >= 11 is 0. The molecule has 3 amide bonds. The van der Waals surface area contributed by atoms with Gasteiger partial charge in [-0.15, -0.1) is 0 Å². The molecule has 1 fully saturated rings. The van der Waals surface area contributed by atoms with E-state index in [0.29, 0.717) is 18.0 Å². The minimum atomic E-state index is -0.288. The van der Waals surface area contributed by atoms with Gasteiger partial charge in [0.2, 0.25) is 5.91 Å². The van der Waals surface area contributed by atoms with Crippen LogP contribution in [0.25, 0.3) is 0 Å². The third-order valence-corrected chi connectivity index (χ3v) is 6.35. The molecule has 8 nitrogen and oxygen atoms in total. The predicted molar refractivity (Wildman–Crippen MR) is 129 cm³/mol. The van der Waals surface area contributed by atoms with Crippen LogP contribution in [0.4, 0.5) is 10.5 Å². The summed E-state index contributed by atoms with van der Waals surface area (Å²) in [6.07, 6.45) is 2.64. The topological polar surface area (TPSA) is 94.1 Å². The van der Waals surface area contributed by atoms with Crippen LogP contribution in [-0.4, -0.2) is 78.3 Å². The van der Waals surface area contributed by atoms with Crippen LogP contribution in [0.1, 0.15) is 46.1 Å².